The molecule has 0 radical (unpaired) electrons. The number of para-hydroxylation sites is 1. The average molecular weight is 423 g/mol. The maximum atomic E-state index is 8.93. The highest BCUT2D eigenvalue weighted by Crippen LogP contribution is 2.09. The topological polar surface area (TPSA) is 179 Å². The zero-order valence-corrected chi connectivity index (χ0v) is 16.9. The predicted molar refractivity (Wildman–Crippen MR) is 98.1 cm³/mol. The molecule has 1 aromatic carbocycles. The van der Waals surface area contributed by atoms with Crippen LogP contribution in [0.4, 0.5) is 5.69 Å². The van der Waals surface area contributed by atoms with Gasteiger partial charge in [0.2, 0.25) is 0 Å². The molecule has 1 aliphatic rings. The van der Waals surface area contributed by atoms with Gasteiger partial charge in [-0.1, -0.05) is 25.1 Å². The van der Waals surface area contributed by atoms with Gasteiger partial charge in [0.1, 0.15) is 0 Å². The Bertz CT molecular complexity index is 628. The normalized spacial score (nSPS) is 14.7. The van der Waals surface area contributed by atoms with Gasteiger partial charge in [-0.3, -0.25) is 4.90 Å². The van der Waals surface area contributed by atoms with Crippen LogP contribution < -0.4 is 25.7 Å². The van der Waals surface area contributed by atoms with Gasteiger partial charge >= 0.3 is 0 Å². The molecule has 168 valence electrons. The summed E-state index contributed by atoms with van der Waals surface area (Å²) in [6.45, 7) is 11.7. The van der Waals surface area contributed by atoms with Crippen LogP contribution in [-0.2, 0) is 19.2 Å². The number of carbonyl (C=O) groups is 4. The monoisotopic (exact) mass is 423 g/mol. The zero-order valence-electron chi connectivity index (χ0n) is 16.9. The van der Waals surface area contributed by atoms with Gasteiger partial charge in [-0.2, -0.15) is 0 Å². The Morgan fingerprint density at radius 2 is 1.23 bits per heavy atom. The third-order valence-electron chi connectivity index (χ3n) is 3.96. The van der Waals surface area contributed by atoms with Crippen molar-refractivity contribution < 1.29 is 39.6 Å². The lowest BCUT2D eigenvalue weighted by molar-refractivity contribution is -0.345. The van der Waals surface area contributed by atoms with E-state index in [1.54, 1.807) is 0 Å². The molecule has 0 aliphatic carbocycles. The molecule has 0 amide bonds. The molecule has 11 nitrogen and oxygen atoms in total. The van der Waals surface area contributed by atoms with Gasteiger partial charge in [0.25, 0.3) is 0 Å². The van der Waals surface area contributed by atoms with Gasteiger partial charge in [0.15, 0.2) is 0 Å². The van der Waals surface area contributed by atoms with Crippen LogP contribution in [0.2, 0.25) is 0 Å². The zero-order chi connectivity index (χ0) is 23.1. The van der Waals surface area contributed by atoms with Gasteiger partial charge in [0.05, 0.1) is 23.9 Å². The van der Waals surface area contributed by atoms with Gasteiger partial charge in [0, 0.05) is 44.5 Å². The highest BCUT2D eigenvalue weighted by molar-refractivity contribution is 6.25. The van der Waals surface area contributed by atoms with Crippen LogP contribution in [0.15, 0.2) is 30.3 Å². The minimum atomic E-state index is -2.19. The van der Waals surface area contributed by atoms with Crippen LogP contribution >= 0.6 is 0 Å². The van der Waals surface area contributed by atoms with E-state index in [1.807, 2.05) is 0 Å². The van der Waals surface area contributed by atoms with Gasteiger partial charge in [-0.25, -0.2) is 0 Å². The number of benzene rings is 1. The van der Waals surface area contributed by atoms with Crippen LogP contribution in [0.5, 0.6) is 0 Å². The summed E-state index contributed by atoms with van der Waals surface area (Å²) in [4.78, 5) is 40.8. The maximum absolute atomic E-state index is 8.93. The fraction of sp³-hybridized carbons (Fsp3) is 0.474. The summed E-state index contributed by atoms with van der Waals surface area (Å²) >= 11 is 0. The first-order valence-electron chi connectivity index (χ1n) is 9.17. The number of piperazine rings is 1. The highest BCUT2D eigenvalue weighted by Gasteiger charge is 2.17. The molecule has 0 aromatic heterocycles. The SMILES string of the molecule is CCN1CCN(CC(C)Nc2ccccc2)CC1.O=C([O-])C(=O)[O-].O=C([O-])C(=O)[O-]. The standard InChI is InChI=1S/C15H25N3.2C2H2O4/c1-3-17-9-11-18(12-10-17)13-14(2)16-15-7-5-4-6-8-15;2*3-1(4)2(5)6/h4-8,14,16H,3,9-13H2,1-2H3;2*(H,3,4)(H,5,6)/p-4. The summed E-state index contributed by atoms with van der Waals surface area (Å²) in [5, 5.41) is 39.3. The second-order valence-electron chi connectivity index (χ2n) is 6.30. The molecule has 1 saturated heterocycles. The number of nitrogens with one attached hydrogen (secondary N) is 1. The van der Waals surface area contributed by atoms with E-state index in [4.69, 9.17) is 39.6 Å². The molecule has 1 fully saturated rings. The number of anilines is 1. The number of hydrogen-bond acceptors (Lipinski definition) is 11. The molecule has 30 heavy (non-hydrogen) atoms. The lowest BCUT2D eigenvalue weighted by Gasteiger charge is -2.35. The summed E-state index contributed by atoms with van der Waals surface area (Å²) in [6.07, 6.45) is 0. The van der Waals surface area contributed by atoms with Crippen LogP contribution in [-0.4, -0.2) is 79.0 Å². The molecule has 1 unspecified atom stereocenters. The van der Waals surface area contributed by atoms with E-state index < -0.39 is 23.9 Å². The molecule has 2 rings (SSSR count). The molecule has 0 bridgehead atoms. The van der Waals surface area contributed by atoms with E-state index in [-0.39, 0.29) is 0 Å². The predicted octanol–water partition coefficient (Wildman–Crippen LogP) is -4.90. The van der Waals surface area contributed by atoms with Crippen molar-refractivity contribution in [3.63, 3.8) is 0 Å². The number of carboxylic acids is 4. The van der Waals surface area contributed by atoms with Crippen molar-refractivity contribution >= 4 is 29.6 Å². The molecule has 1 aliphatic heterocycles. The Hall–Kier alpha value is -3.18. The first kappa shape index (κ1) is 26.8. The van der Waals surface area contributed by atoms with E-state index in [2.05, 4.69) is 59.3 Å². The number of carboxylic acid groups (broad SMARTS) is 4. The third kappa shape index (κ3) is 13.1. The quantitative estimate of drug-likeness (QED) is 0.449. The van der Waals surface area contributed by atoms with Crippen molar-refractivity contribution in [2.45, 2.75) is 19.9 Å². The number of aliphatic carboxylic acids is 4. The number of carbonyl (C=O) groups excluding carboxylic acids is 4. The summed E-state index contributed by atoms with van der Waals surface area (Å²) in [6, 6.07) is 11.0. The Balaban J connectivity index is 0.000000580. The highest BCUT2D eigenvalue weighted by atomic mass is 16.4. The van der Waals surface area contributed by atoms with E-state index >= 15 is 0 Å². The molecule has 1 N–H and O–H groups in total. The fourth-order valence-electron chi connectivity index (χ4n) is 2.54. The van der Waals surface area contributed by atoms with Crippen molar-refractivity contribution in [3.05, 3.63) is 30.3 Å². The van der Waals surface area contributed by atoms with Gasteiger partial charge < -0.3 is 49.8 Å². The Kier molecular flexibility index (Phi) is 13.2. The molecule has 1 aromatic rings. The Labute approximate surface area is 174 Å². The van der Waals surface area contributed by atoms with Gasteiger partial charge in [-0.15, -0.1) is 0 Å². The number of likely N-dealkylation sites (N-methyl/N-ethyl adjacent to an activating group) is 1. The van der Waals surface area contributed by atoms with E-state index in [0.717, 1.165) is 6.54 Å². The van der Waals surface area contributed by atoms with Crippen LogP contribution in [0, 0.1) is 0 Å². The molecular formula is C19H25N3O8-4. The maximum Gasteiger partial charge on any atom is 0.0870 e. The van der Waals surface area contributed by atoms with Crippen molar-refractivity contribution in [3.8, 4) is 0 Å². The lowest BCUT2D eigenvalue weighted by Crippen LogP contribution is -2.48. The van der Waals surface area contributed by atoms with Crippen LogP contribution in [0.1, 0.15) is 13.8 Å². The Morgan fingerprint density at radius 1 is 0.833 bits per heavy atom. The molecule has 1 atom stereocenters. The number of hydrogen-bond donors (Lipinski definition) is 1. The summed E-state index contributed by atoms with van der Waals surface area (Å²) < 4.78 is 0. The fourth-order valence-corrected chi connectivity index (χ4v) is 2.54. The first-order chi connectivity index (χ1) is 14.1. The number of nitrogens with zero attached hydrogens (tertiary/aromatic N) is 2. The molecule has 11 heteroatoms. The molecule has 1 heterocycles. The van der Waals surface area contributed by atoms with Crippen molar-refractivity contribution in [1.82, 2.24) is 9.80 Å². The largest absolute Gasteiger partial charge is 0.543 e. The Morgan fingerprint density at radius 3 is 1.60 bits per heavy atom. The number of rotatable bonds is 5. The van der Waals surface area contributed by atoms with Crippen molar-refractivity contribution in [2.24, 2.45) is 0 Å². The average Bonchev–Trinajstić information content (AvgIpc) is 2.70. The second kappa shape index (κ2) is 14.8. The van der Waals surface area contributed by atoms with E-state index in [9.17, 15) is 0 Å². The van der Waals surface area contributed by atoms with E-state index in [0.29, 0.717) is 6.04 Å². The van der Waals surface area contributed by atoms with E-state index in [1.165, 1.54) is 38.4 Å². The summed E-state index contributed by atoms with van der Waals surface area (Å²) in [5.41, 5.74) is 1.22. The molecular weight excluding hydrogens is 398 g/mol. The smallest absolute Gasteiger partial charge is 0.0870 e. The van der Waals surface area contributed by atoms with Crippen LogP contribution in [0.25, 0.3) is 0 Å². The second-order valence-corrected chi connectivity index (χ2v) is 6.30. The minimum absolute atomic E-state index is 0.501. The van der Waals surface area contributed by atoms with Crippen molar-refractivity contribution in [2.75, 3.05) is 44.6 Å². The summed E-state index contributed by atoms with van der Waals surface area (Å²) in [5.74, 6) is -8.74. The molecule has 0 spiro atoms. The van der Waals surface area contributed by atoms with Crippen molar-refractivity contribution in [1.29, 1.82) is 0 Å². The minimum Gasteiger partial charge on any atom is -0.543 e. The first-order valence-corrected chi connectivity index (χ1v) is 9.17. The molecule has 0 saturated carbocycles. The lowest BCUT2D eigenvalue weighted by atomic mass is 10.2. The van der Waals surface area contributed by atoms with Crippen LogP contribution in [0.3, 0.4) is 0 Å². The summed E-state index contributed by atoms with van der Waals surface area (Å²) in [7, 11) is 0. The third-order valence-corrected chi connectivity index (χ3v) is 3.96. The van der Waals surface area contributed by atoms with Gasteiger partial charge in [-0.05, 0) is 25.6 Å².